The highest BCUT2D eigenvalue weighted by atomic mass is 32.1. The van der Waals surface area contributed by atoms with Crippen molar-refractivity contribution in [3.63, 3.8) is 0 Å². The molecule has 2 aromatic heterocycles. The van der Waals surface area contributed by atoms with Crippen molar-refractivity contribution >= 4 is 40.2 Å². The second kappa shape index (κ2) is 11.4. The summed E-state index contributed by atoms with van der Waals surface area (Å²) in [6.45, 7) is 2.84. The predicted octanol–water partition coefficient (Wildman–Crippen LogP) is 4.57. The van der Waals surface area contributed by atoms with Crippen molar-refractivity contribution in [3.8, 4) is 16.6 Å². The molecule has 160 valence electrons. The van der Waals surface area contributed by atoms with Crippen molar-refractivity contribution in [3.05, 3.63) is 57.7 Å². The lowest BCUT2D eigenvalue weighted by atomic mass is 10.2. The molecule has 6 nitrogen and oxygen atoms in total. The molecule has 0 atom stereocenters. The van der Waals surface area contributed by atoms with E-state index < -0.39 is 0 Å². The van der Waals surface area contributed by atoms with Gasteiger partial charge in [-0.15, -0.1) is 22.7 Å². The van der Waals surface area contributed by atoms with E-state index in [2.05, 4.69) is 33.9 Å². The fourth-order valence-corrected chi connectivity index (χ4v) is 4.72. The first-order valence-electron chi connectivity index (χ1n) is 10.1. The van der Waals surface area contributed by atoms with Gasteiger partial charge in [0.25, 0.3) is 0 Å². The molecule has 0 bridgehead atoms. The first-order valence-corrected chi connectivity index (χ1v) is 11.8. The highest BCUT2D eigenvalue weighted by Crippen LogP contribution is 2.29. The number of benzene rings is 1. The number of nitriles is 1. The number of nitrogens with one attached hydrogen (secondary N) is 1. The van der Waals surface area contributed by atoms with Gasteiger partial charge in [0.15, 0.2) is 0 Å². The van der Waals surface area contributed by atoms with Crippen LogP contribution in [0.2, 0.25) is 0 Å². The Labute approximate surface area is 190 Å². The van der Waals surface area contributed by atoms with Gasteiger partial charge in [0.2, 0.25) is 11.8 Å². The summed E-state index contributed by atoms with van der Waals surface area (Å²) >= 11 is 3.32. The molecular weight excluding hydrogens is 428 g/mol. The van der Waals surface area contributed by atoms with Gasteiger partial charge in [-0.3, -0.25) is 9.59 Å². The van der Waals surface area contributed by atoms with Crippen molar-refractivity contribution in [1.29, 1.82) is 5.26 Å². The summed E-state index contributed by atoms with van der Waals surface area (Å²) in [6.07, 6.45) is 1.23. The summed E-state index contributed by atoms with van der Waals surface area (Å²) in [6, 6.07) is 15.4. The van der Waals surface area contributed by atoms with Crippen LogP contribution in [0.3, 0.4) is 0 Å². The molecule has 3 rings (SSSR count). The number of thiazole rings is 1. The maximum Gasteiger partial charge on any atom is 0.227 e. The molecule has 0 saturated carbocycles. The van der Waals surface area contributed by atoms with Crippen LogP contribution in [0.15, 0.2) is 47.8 Å². The first kappa shape index (κ1) is 22.7. The predicted molar refractivity (Wildman–Crippen MR) is 125 cm³/mol. The molecule has 31 heavy (non-hydrogen) atoms. The minimum absolute atomic E-state index is 0.110. The van der Waals surface area contributed by atoms with E-state index in [1.54, 1.807) is 27.6 Å². The number of thiophene rings is 1. The van der Waals surface area contributed by atoms with Gasteiger partial charge in [0.05, 0.1) is 28.1 Å². The van der Waals surface area contributed by atoms with E-state index in [0.717, 1.165) is 27.7 Å². The molecule has 0 aliphatic heterocycles. The zero-order valence-corrected chi connectivity index (χ0v) is 19.0. The fraction of sp³-hybridized carbons (Fsp3) is 0.304. The SMILES string of the molecule is Cc1nc(-c2ccc(CCNC(=O)CCC(=O)N(CCC#N)c3ccccc3)s2)cs1. The van der Waals surface area contributed by atoms with Crippen LogP contribution in [0.4, 0.5) is 5.69 Å². The van der Waals surface area contributed by atoms with Gasteiger partial charge in [-0.05, 0) is 37.6 Å². The van der Waals surface area contributed by atoms with Crippen LogP contribution in [-0.2, 0) is 16.0 Å². The van der Waals surface area contributed by atoms with E-state index in [1.807, 2.05) is 37.3 Å². The van der Waals surface area contributed by atoms with E-state index in [9.17, 15) is 9.59 Å². The standard InChI is InChI=1S/C23H24N4O2S2/c1-17-26-20(16-30-17)21-9-8-19(31-21)12-14-25-22(28)10-11-23(29)27(15-5-13-24)18-6-3-2-4-7-18/h2-4,6-9,16H,5,10-12,14-15H2,1H3,(H,25,28). The molecule has 1 N–H and O–H groups in total. The third-order valence-corrected chi connectivity index (χ3v) is 6.55. The van der Waals surface area contributed by atoms with Crippen molar-refractivity contribution in [2.75, 3.05) is 18.0 Å². The van der Waals surface area contributed by atoms with Gasteiger partial charge in [0.1, 0.15) is 0 Å². The van der Waals surface area contributed by atoms with Crippen molar-refractivity contribution in [2.45, 2.75) is 32.6 Å². The number of aromatic nitrogens is 1. The van der Waals surface area contributed by atoms with Crippen molar-refractivity contribution in [2.24, 2.45) is 0 Å². The van der Waals surface area contributed by atoms with E-state index in [1.165, 1.54) is 4.88 Å². The second-order valence-electron chi connectivity index (χ2n) is 6.91. The Morgan fingerprint density at radius 1 is 1.16 bits per heavy atom. The molecular formula is C23H24N4O2S2. The second-order valence-corrected chi connectivity index (χ2v) is 9.14. The van der Waals surface area contributed by atoms with Gasteiger partial charge in [-0.25, -0.2) is 4.98 Å². The molecule has 0 aliphatic carbocycles. The van der Waals surface area contributed by atoms with Crippen LogP contribution >= 0.6 is 22.7 Å². The first-order chi connectivity index (χ1) is 15.1. The fourth-order valence-electron chi connectivity index (χ4n) is 3.06. The summed E-state index contributed by atoms with van der Waals surface area (Å²) in [4.78, 5) is 33.2. The molecule has 0 aliphatic rings. The van der Waals surface area contributed by atoms with E-state index >= 15 is 0 Å². The largest absolute Gasteiger partial charge is 0.356 e. The Morgan fingerprint density at radius 3 is 2.68 bits per heavy atom. The molecule has 0 fully saturated rings. The maximum atomic E-state index is 12.6. The maximum absolute atomic E-state index is 12.6. The van der Waals surface area contributed by atoms with Crippen LogP contribution in [-0.4, -0.2) is 29.9 Å². The van der Waals surface area contributed by atoms with Gasteiger partial charge in [-0.2, -0.15) is 5.26 Å². The molecule has 2 heterocycles. The Balaban J connectivity index is 1.43. The lowest BCUT2D eigenvalue weighted by Crippen LogP contribution is -2.33. The molecule has 0 unspecified atom stereocenters. The molecule has 0 radical (unpaired) electrons. The van der Waals surface area contributed by atoms with Gasteiger partial charge in [0, 0.05) is 41.9 Å². The molecule has 3 aromatic rings. The zero-order valence-electron chi connectivity index (χ0n) is 17.3. The number of rotatable bonds is 10. The van der Waals surface area contributed by atoms with Crippen molar-refractivity contribution < 1.29 is 9.59 Å². The zero-order chi connectivity index (χ0) is 22.1. The summed E-state index contributed by atoms with van der Waals surface area (Å²) in [7, 11) is 0. The monoisotopic (exact) mass is 452 g/mol. The number of hydrogen-bond donors (Lipinski definition) is 1. The third-order valence-electron chi connectivity index (χ3n) is 4.61. The van der Waals surface area contributed by atoms with Crippen LogP contribution in [0, 0.1) is 18.3 Å². The topological polar surface area (TPSA) is 86.1 Å². The van der Waals surface area contributed by atoms with Crippen molar-refractivity contribution in [1.82, 2.24) is 10.3 Å². The summed E-state index contributed by atoms with van der Waals surface area (Å²) in [5, 5.41) is 14.9. The number of hydrogen-bond acceptors (Lipinski definition) is 6. The van der Waals surface area contributed by atoms with Gasteiger partial charge in [-0.1, -0.05) is 18.2 Å². The number of aryl methyl sites for hydroxylation is 1. The minimum Gasteiger partial charge on any atom is -0.356 e. The number of nitrogens with zero attached hydrogens (tertiary/aromatic N) is 3. The van der Waals surface area contributed by atoms with Crippen LogP contribution < -0.4 is 10.2 Å². The lowest BCUT2D eigenvalue weighted by Gasteiger charge is -2.21. The van der Waals surface area contributed by atoms with E-state index in [-0.39, 0.29) is 31.1 Å². The lowest BCUT2D eigenvalue weighted by molar-refractivity contribution is -0.125. The highest BCUT2D eigenvalue weighted by molar-refractivity contribution is 7.16. The van der Waals surface area contributed by atoms with Crippen LogP contribution in [0.1, 0.15) is 29.1 Å². The summed E-state index contributed by atoms with van der Waals surface area (Å²) < 4.78 is 0. The normalized spacial score (nSPS) is 10.5. The number of carbonyl (C=O) groups is 2. The Bertz CT molecular complexity index is 1050. The quantitative estimate of drug-likeness (QED) is 0.488. The van der Waals surface area contributed by atoms with E-state index in [0.29, 0.717) is 13.1 Å². The highest BCUT2D eigenvalue weighted by Gasteiger charge is 2.16. The Hall–Kier alpha value is -3.02. The molecule has 0 spiro atoms. The molecule has 0 saturated heterocycles. The van der Waals surface area contributed by atoms with E-state index in [4.69, 9.17) is 5.26 Å². The number of para-hydroxylation sites is 1. The van der Waals surface area contributed by atoms with Gasteiger partial charge >= 0.3 is 0 Å². The smallest absolute Gasteiger partial charge is 0.227 e. The van der Waals surface area contributed by atoms with Crippen LogP contribution in [0.25, 0.3) is 10.6 Å². The molecule has 1 aromatic carbocycles. The number of carbonyl (C=O) groups excluding carboxylic acids is 2. The molecule has 8 heteroatoms. The average Bonchev–Trinajstić information content (AvgIpc) is 3.42. The minimum atomic E-state index is -0.155. The summed E-state index contributed by atoms with van der Waals surface area (Å²) in [5.74, 6) is -0.299. The summed E-state index contributed by atoms with van der Waals surface area (Å²) in [5.41, 5.74) is 1.74. The Kier molecular flexibility index (Phi) is 8.33. The Morgan fingerprint density at radius 2 is 1.97 bits per heavy atom. The average molecular weight is 453 g/mol. The molecule has 2 amide bonds. The third kappa shape index (κ3) is 6.74. The van der Waals surface area contributed by atoms with Crippen LogP contribution in [0.5, 0.6) is 0 Å². The van der Waals surface area contributed by atoms with Gasteiger partial charge < -0.3 is 10.2 Å². The number of amides is 2. The number of anilines is 1.